The van der Waals surface area contributed by atoms with E-state index in [4.69, 9.17) is 9.72 Å². The van der Waals surface area contributed by atoms with E-state index in [-0.39, 0.29) is 30.1 Å². The van der Waals surface area contributed by atoms with E-state index < -0.39 is 0 Å². The molecule has 1 amide bonds. The fourth-order valence-corrected chi connectivity index (χ4v) is 5.97. The zero-order valence-electron chi connectivity index (χ0n) is 21.3. The molecule has 2 N–H and O–H groups in total. The van der Waals surface area contributed by atoms with Crippen molar-refractivity contribution in [3.8, 4) is 23.1 Å². The Morgan fingerprint density at radius 1 is 1.24 bits per heavy atom. The van der Waals surface area contributed by atoms with Gasteiger partial charge in [-0.3, -0.25) is 9.48 Å². The number of methoxy groups -OCH3 is 1. The normalized spacial score (nSPS) is 23.1. The van der Waals surface area contributed by atoms with Gasteiger partial charge in [-0.25, -0.2) is 9.97 Å². The minimum atomic E-state index is -0.316. The van der Waals surface area contributed by atoms with Crippen LogP contribution in [0.4, 0.5) is 11.6 Å². The Morgan fingerprint density at radius 3 is 2.74 bits per heavy atom. The van der Waals surface area contributed by atoms with Crippen molar-refractivity contribution in [1.29, 1.82) is 5.26 Å². The number of amides is 1. The maximum absolute atomic E-state index is 13.4. The smallest absolute Gasteiger partial charge is 0.254 e. The predicted octanol–water partition coefficient (Wildman–Crippen LogP) is 4.08. The zero-order valence-corrected chi connectivity index (χ0v) is 21.3. The summed E-state index contributed by atoms with van der Waals surface area (Å²) in [5, 5.41) is 27.1. The van der Waals surface area contributed by atoms with Crippen molar-refractivity contribution in [3.05, 3.63) is 48.4 Å². The molecule has 2 saturated heterocycles. The molecule has 4 atom stereocenters. The fourth-order valence-electron chi connectivity index (χ4n) is 5.97. The van der Waals surface area contributed by atoms with Gasteiger partial charge in [0.2, 0.25) is 5.95 Å². The van der Waals surface area contributed by atoms with Crippen molar-refractivity contribution in [1.82, 2.24) is 24.6 Å². The largest absolute Gasteiger partial charge is 0.493 e. The highest BCUT2D eigenvalue weighted by Crippen LogP contribution is 2.42. The highest BCUT2D eigenvalue weighted by Gasteiger charge is 2.43. The van der Waals surface area contributed by atoms with Gasteiger partial charge in [0.05, 0.1) is 44.1 Å². The van der Waals surface area contributed by atoms with Crippen molar-refractivity contribution >= 4 is 17.5 Å². The fraction of sp³-hybridized carbons (Fsp3) is 0.464. The van der Waals surface area contributed by atoms with Crippen LogP contribution in [-0.4, -0.2) is 61.0 Å². The number of carbonyl (C=O) groups is 1. The van der Waals surface area contributed by atoms with Crippen LogP contribution in [0, 0.1) is 17.2 Å². The number of benzene rings is 1. The third-order valence-electron chi connectivity index (χ3n) is 7.96. The molecular weight excluding hydrogens is 482 g/mol. The first-order valence-electron chi connectivity index (χ1n) is 13.2. The molecule has 1 aromatic carbocycles. The molecular formula is C28H31N7O3. The van der Waals surface area contributed by atoms with Gasteiger partial charge in [-0.05, 0) is 62.6 Å². The van der Waals surface area contributed by atoms with Crippen molar-refractivity contribution in [3.63, 3.8) is 0 Å². The number of aromatic nitrogens is 4. The summed E-state index contributed by atoms with van der Waals surface area (Å²) in [5.41, 5.74) is 2.68. The average Bonchev–Trinajstić information content (AvgIpc) is 3.58. The Labute approximate surface area is 221 Å². The quantitative estimate of drug-likeness (QED) is 0.461. The minimum absolute atomic E-state index is 0.000566. The number of piperidine rings is 1. The van der Waals surface area contributed by atoms with Crippen molar-refractivity contribution < 1.29 is 14.6 Å². The second kappa shape index (κ2) is 10.1. The van der Waals surface area contributed by atoms with Crippen LogP contribution in [0.25, 0.3) is 11.3 Å². The van der Waals surface area contributed by atoms with Gasteiger partial charge in [0.15, 0.2) is 5.75 Å². The van der Waals surface area contributed by atoms with E-state index in [1.54, 1.807) is 19.5 Å². The molecule has 0 radical (unpaired) electrons. The van der Waals surface area contributed by atoms with Gasteiger partial charge in [-0.2, -0.15) is 10.4 Å². The van der Waals surface area contributed by atoms with Crippen LogP contribution in [0.15, 0.2) is 42.9 Å². The Morgan fingerprint density at radius 2 is 2.03 bits per heavy atom. The Balaban J connectivity index is 1.23. The van der Waals surface area contributed by atoms with E-state index in [9.17, 15) is 15.2 Å². The van der Waals surface area contributed by atoms with Gasteiger partial charge in [-0.1, -0.05) is 6.07 Å². The van der Waals surface area contributed by atoms with Crippen LogP contribution in [0.2, 0.25) is 0 Å². The van der Waals surface area contributed by atoms with Crippen molar-refractivity contribution in [2.45, 2.75) is 69.2 Å². The van der Waals surface area contributed by atoms with Gasteiger partial charge in [-0.15, -0.1) is 0 Å². The number of rotatable bonds is 8. The molecule has 10 heteroatoms. The maximum Gasteiger partial charge on any atom is 0.254 e. The van der Waals surface area contributed by atoms with Gasteiger partial charge in [0.25, 0.3) is 5.91 Å². The van der Waals surface area contributed by atoms with E-state index in [2.05, 4.69) is 21.5 Å². The van der Waals surface area contributed by atoms with Crippen LogP contribution in [-0.2, 0) is 0 Å². The van der Waals surface area contributed by atoms with E-state index in [1.807, 2.05) is 40.0 Å². The first-order chi connectivity index (χ1) is 18.5. The van der Waals surface area contributed by atoms with E-state index >= 15 is 0 Å². The lowest BCUT2D eigenvalue weighted by atomic mass is 9.98. The number of nitriles is 1. The number of hydrogen-bond acceptors (Lipinski definition) is 8. The third-order valence-corrected chi connectivity index (χ3v) is 7.96. The molecule has 2 aliphatic heterocycles. The molecule has 38 heavy (non-hydrogen) atoms. The lowest BCUT2D eigenvalue weighted by molar-refractivity contribution is 0.0287. The molecule has 3 aromatic rings. The standard InChI is InChI=1S/C28H31N7O3/c1-38-25-15-30-28(33-26(25)19-14-31-34(16-19)24(9-10-29)17-5-6-17)32-20-4-2-3-18(11-20)27(37)35-21-7-8-22(35)13-23(36)12-21/h2-4,11,14-17,21-24,36H,5-9,12-13H2,1H3,(H,30,32,33)/t21-,22?,23?,24?/m1/s1. The molecule has 10 nitrogen and oxygen atoms in total. The highest BCUT2D eigenvalue weighted by atomic mass is 16.5. The Bertz CT molecular complexity index is 1360. The number of carbonyl (C=O) groups excluding carboxylic acids is 1. The number of nitrogens with one attached hydrogen (secondary N) is 1. The molecule has 3 fully saturated rings. The first-order valence-corrected chi connectivity index (χ1v) is 13.2. The van der Waals surface area contributed by atoms with Gasteiger partial charge >= 0.3 is 0 Å². The summed E-state index contributed by atoms with van der Waals surface area (Å²) in [4.78, 5) is 24.5. The summed E-state index contributed by atoms with van der Waals surface area (Å²) in [5.74, 6) is 1.38. The van der Waals surface area contributed by atoms with E-state index in [0.29, 0.717) is 53.8 Å². The van der Waals surface area contributed by atoms with Crippen molar-refractivity contribution in [2.24, 2.45) is 5.92 Å². The molecule has 3 aliphatic rings. The average molecular weight is 514 g/mol. The third kappa shape index (κ3) is 4.70. The molecule has 6 rings (SSSR count). The number of hydrogen-bond donors (Lipinski definition) is 2. The topological polar surface area (TPSA) is 129 Å². The predicted molar refractivity (Wildman–Crippen MR) is 140 cm³/mol. The van der Waals surface area contributed by atoms with Crippen LogP contribution in [0.1, 0.15) is 61.3 Å². The molecule has 2 aromatic heterocycles. The van der Waals surface area contributed by atoms with E-state index in [1.165, 1.54) is 0 Å². The summed E-state index contributed by atoms with van der Waals surface area (Å²) in [7, 11) is 1.57. The highest BCUT2D eigenvalue weighted by molar-refractivity contribution is 5.96. The number of ether oxygens (including phenoxy) is 1. The van der Waals surface area contributed by atoms with Gasteiger partial charge in [0, 0.05) is 35.1 Å². The Kier molecular flexibility index (Phi) is 6.45. The van der Waals surface area contributed by atoms with Crippen LogP contribution < -0.4 is 10.1 Å². The molecule has 4 heterocycles. The number of aliphatic hydroxyl groups excluding tert-OH is 1. The Hall–Kier alpha value is -3.97. The van der Waals surface area contributed by atoms with Crippen LogP contribution in [0.5, 0.6) is 5.75 Å². The summed E-state index contributed by atoms with van der Waals surface area (Å²) in [6.07, 6.45) is 10.8. The lowest BCUT2D eigenvalue weighted by Gasteiger charge is -2.37. The van der Waals surface area contributed by atoms with Crippen LogP contribution >= 0.6 is 0 Å². The van der Waals surface area contributed by atoms with Crippen LogP contribution in [0.3, 0.4) is 0 Å². The maximum atomic E-state index is 13.4. The van der Waals surface area contributed by atoms with E-state index in [0.717, 1.165) is 31.2 Å². The minimum Gasteiger partial charge on any atom is -0.493 e. The lowest BCUT2D eigenvalue weighted by Crippen LogP contribution is -2.48. The number of anilines is 2. The first kappa shape index (κ1) is 24.4. The number of nitrogens with zero attached hydrogens (tertiary/aromatic N) is 6. The molecule has 0 spiro atoms. The van der Waals surface area contributed by atoms with Crippen molar-refractivity contribution in [2.75, 3.05) is 12.4 Å². The molecule has 1 aliphatic carbocycles. The second-order valence-electron chi connectivity index (χ2n) is 10.5. The number of fused-ring (bicyclic) bond motifs is 2. The second-order valence-corrected chi connectivity index (χ2v) is 10.5. The van der Waals surface area contributed by atoms with Gasteiger partial charge < -0.3 is 20.1 Å². The summed E-state index contributed by atoms with van der Waals surface area (Å²) < 4.78 is 7.39. The molecule has 2 bridgehead atoms. The summed E-state index contributed by atoms with van der Waals surface area (Å²) in [6.45, 7) is 0. The zero-order chi connectivity index (χ0) is 26.2. The van der Waals surface area contributed by atoms with Gasteiger partial charge in [0.1, 0.15) is 5.69 Å². The molecule has 3 unspecified atom stereocenters. The molecule has 196 valence electrons. The monoisotopic (exact) mass is 513 g/mol. The molecule has 1 saturated carbocycles. The SMILES string of the molecule is COc1cnc(Nc2cccc(C(=O)N3C4CC[C@@H]3CC(O)C4)c2)nc1-c1cnn(C(CC#N)C2CC2)c1. The number of aliphatic hydroxyl groups is 1. The summed E-state index contributed by atoms with van der Waals surface area (Å²) in [6, 6.07) is 9.92. The summed E-state index contributed by atoms with van der Waals surface area (Å²) >= 11 is 0.